The largest absolute Gasteiger partial charge is 0.508 e. The number of H-pyrrole nitrogens is 1. The van der Waals surface area contributed by atoms with Crippen LogP contribution in [0.4, 0.5) is 5.82 Å². The van der Waals surface area contributed by atoms with E-state index in [1.807, 2.05) is 42.5 Å². The molecule has 1 heterocycles. The molecule has 1 aromatic heterocycles. The van der Waals surface area contributed by atoms with Crippen LogP contribution in [0.3, 0.4) is 0 Å². The van der Waals surface area contributed by atoms with E-state index in [9.17, 15) is 9.90 Å². The molecule has 1 aliphatic rings. The summed E-state index contributed by atoms with van der Waals surface area (Å²) in [6.45, 7) is 0.688. The molecule has 1 atom stereocenters. The summed E-state index contributed by atoms with van der Waals surface area (Å²) in [5, 5.41) is 21.9. The first-order chi connectivity index (χ1) is 17.5. The molecule has 7 nitrogen and oxygen atoms in total. The summed E-state index contributed by atoms with van der Waals surface area (Å²) >= 11 is 0. The van der Waals surface area contributed by atoms with Crippen LogP contribution in [0.2, 0.25) is 0 Å². The number of amides is 1. The quantitative estimate of drug-likeness (QED) is 0.260. The number of nitrogen functional groups attached to an aromatic ring is 1. The number of carbonyl (C=O) groups excluding carboxylic acids is 1. The van der Waals surface area contributed by atoms with Gasteiger partial charge in [0.05, 0.1) is 11.6 Å². The highest BCUT2D eigenvalue weighted by molar-refractivity contribution is 5.91. The number of nitrogens with two attached hydrogens (primary N) is 2. The van der Waals surface area contributed by atoms with Crippen LogP contribution in [-0.4, -0.2) is 27.8 Å². The average Bonchev–Trinajstić information content (AvgIpc) is 3.28. The fourth-order valence-corrected chi connectivity index (χ4v) is 5.27. The Kier molecular flexibility index (Phi) is 6.91. The van der Waals surface area contributed by atoms with Crippen molar-refractivity contribution in [1.82, 2.24) is 15.5 Å². The topological polar surface area (TPSA) is 130 Å². The zero-order chi connectivity index (χ0) is 25.1. The van der Waals surface area contributed by atoms with Crippen LogP contribution >= 0.6 is 0 Å². The van der Waals surface area contributed by atoms with Crippen molar-refractivity contribution in [1.29, 1.82) is 0 Å². The maximum atomic E-state index is 13.3. The van der Waals surface area contributed by atoms with E-state index in [2.05, 4.69) is 27.6 Å². The second kappa shape index (κ2) is 10.4. The summed E-state index contributed by atoms with van der Waals surface area (Å²) in [6.07, 6.45) is 4.35. The molecule has 1 fully saturated rings. The Morgan fingerprint density at radius 2 is 1.81 bits per heavy atom. The number of aromatic amines is 1. The van der Waals surface area contributed by atoms with Crippen LogP contribution in [0.5, 0.6) is 5.75 Å². The first-order valence-electron chi connectivity index (χ1n) is 12.6. The minimum atomic E-state index is -0.274. The minimum absolute atomic E-state index is 0.00361. The predicted octanol–water partition coefficient (Wildman–Crippen LogP) is 4.68. The number of hydrogen-bond acceptors (Lipinski definition) is 5. The first kappa shape index (κ1) is 23.9. The van der Waals surface area contributed by atoms with Gasteiger partial charge in [0, 0.05) is 11.3 Å². The van der Waals surface area contributed by atoms with Crippen LogP contribution in [0.15, 0.2) is 66.7 Å². The van der Waals surface area contributed by atoms with E-state index < -0.39 is 0 Å². The summed E-state index contributed by atoms with van der Waals surface area (Å²) in [6, 6.07) is 21.2. The van der Waals surface area contributed by atoms with E-state index >= 15 is 0 Å². The highest BCUT2D eigenvalue weighted by Crippen LogP contribution is 2.33. The van der Waals surface area contributed by atoms with Crippen LogP contribution < -0.4 is 16.8 Å². The number of phenolic OH excluding ortho intramolecular Hbond substituents is 1. The van der Waals surface area contributed by atoms with E-state index in [0.717, 1.165) is 58.8 Å². The third-order valence-electron chi connectivity index (χ3n) is 7.42. The Bertz CT molecular complexity index is 1340. The Balaban J connectivity index is 1.45. The van der Waals surface area contributed by atoms with Gasteiger partial charge in [0.25, 0.3) is 0 Å². The third kappa shape index (κ3) is 5.21. The molecule has 1 saturated carbocycles. The van der Waals surface area contributed by atoms with Gasteiger partial charge in [0.2, 0.25) is 5.91 Å². The summed E-state index contributed by atoms with van der Waals surface area (Å²) in [7, 11) is 0. The zero-order valence-electron chi connectivity index (χ0n) is 20.3. The van der Waals surface area contributed by atoms with Gasteiger partial charge in [-0.1, -0.05) is 36.4 Å². The number of aromatic hydroxyl groups is 1. The van der Waals surface area contributed by atoms with Crippen LogP contribution in [0.25, 0.3) is 22.0 Å². The van der Waals surface area contributed by atoms with Gasteiger partial charge in [-0.25, -0.2) is 0 Å². The molecule has 1 aliphatic carbocycles. The van der Waals surface area contributed by atoms with Gasteiger partial charge in [-0.2, -0.15) is 5.10 Å². The number of carbonyl (C=O) groups is 1. The fourth-order valence-electron chi connectivity index (χ4n) is 5.27. The van der Waals surface area contributed by atoms with Gasteiger partial charge in [0.1, 0.15) is 5.75 Å². The van der Waals surface area contributed by atoms with Crippen molar-refractivity contribution in [3.63, 3.8) is 0 Å². The van der Waals surface area contributed by atoms with Crippen molar-refractivity contribution < 1.29 is 9.90 Å². The number of nitrogens with one attached hydrogen (secondary N) is 2. The van der Waals surface area contributed by atoms with Crippen molar-refractivity contribution in [2.75, 3.05) is 12.3 Å². The average molecular weight is 484 g/mol. The Hall–Kier alpha value is -3.84. The van der Waals surface area contributed by atoms with Crippen LogP contribution in [0, 0.1) is 11.8 Å². The number of nitrogens with zero attached hydrogens (tertiary/aromatic N) is 1. The number of benzene rings is 3. The highest BCUT2D eigenvalue weighted by Gasteiger charge is 2.28. The van der Waals surface area contributed by atoms with Crippen molar-refractivity contribution in [2.24, 2.45) is 17.6 Å². The van der Waals surface area contributed by atoms with E-state index in [1.165, 1.54) is 0 Å². The van der Waals surface area contributed by atoms with Gasteiger partial charge in [-0.3, -0.25) is 9.89 Å². The number of rotatable bonds is 7. The second-order valence-electron chi connectivity index (χ2n) is 9.89. The summed E-state index contributed by atoms with van der Waals surface area (Å²) in [5.74, 6) is 1.20. The van der Waals surface area contributed by atoms with Crippen molar-refractivity contribution in [2.45, 2.75) is 38.1 Å². The summed E-state index contributed by atoms with van der Waals surface area (Å²) in [4.78, 5) is 13.3. The molecular formula is C29H33N5O2. The number of anilines is 1. The number of aromatic nitrogens is 2. The van der Waals surface area contributed by atoms with E-state index in [1.54, 1.807) is 12.1 Å². The molecular weight excluding hydrogens is 450 g/mol. The van der Waals surface area contributed by atoms with Gasteiger partial charge in [-0.05, 0) is 97.2 Å². The van der Waals surface area contributed by atoms with E-state index in [-0.39, 0.29) is 23.6 Å². The smallest absolute Gasteiger partial charge is 0.223 e. The molecule has 0 spiro atoms. The Morgan fingerprint density at radius 3 is 2.56 bits per heavy atom. The summed E-state index contributed by atoms with van der Waals surface area (Å²) in [5.41, 5.74) is 16.4. The molecule has 186 valence electrons. The highest BCUT2D eigenvalue weighted by atomic mass is 16.3. The molecule has 5 rings (SSSR count). The molecule has 0 radical (unpaired) electrons. The standard InChI is InChI=1S/C29H33N5O2/c30-17-19-6-8-20(9-7-19)29(36)32-26(12-18-4-2-1-3-5-18)23-13-22(14-24(35)15-23)21-10-11-25-27(16-21)33-34-28(25)31/h1-5,10-11,13-16,19-20,26,35H,6-9,12,17,30H2,(H,32,36)(H3,31,33,34). The number of fused-ring (bicyclic) bond motifs is 1. The van der Waals surface area contributed by atoms with Gasteiger partial charge < -0.3 is 21.9 Å². The van der Waals surface area contributed by atoms with Gasteiger partial charge >= 0.3 is 0 Å². The SMILES string of the molecule is NCC1CCC(C(=O)NC(Cc2ccccc2)c2cc(O)cc(-c3ccc4c(N)n[nH]c4c3)c2)CC1. The van der Waals surface area contributed by atoms with E-state index in [4.69, 9.17) is 11.5 Å². The second-order valence-corrected chi connectivity index (χ2v) is 9.89. The van der Waals surface area contributed by atoms with Gasteiger partial charge in [-0.15, -0.1) is 0 Å². The van der Waals surface area contributed by atoms with E-state index in [0.29, 0.717) is 24.7 Å². The molecule has 36 heavy (non-hydrogen) atoms. The number of hydrogen-bond donors (Lipinski definition) is 5. The maximum absolute atomic E-state index is 13.3. The van der Waals surface area contributed by atoms with Crippen LogP contribution in [-0.2, 0) is 11.2 Å². The molecule has 1 unspecified atom stereocenters. The lowest BCUT2D eigenvalue weighted by Crippen LogP contribution is -2.37. The molecule has 0 bridgehead atoms. The van der Waals surface area contributed by atoms with Crippen molar-refractivity contribution >= 4 is 22.6 Å². The fraction of sp³-hybridized carbons (Fsp3) is 0.310. The Labute approximate surface area is 210 Å². The lowest BCUT2D eigenvalue weighted by Gasteiger charge is -2.29. The monoisotopic (exact) mass is 483 g/mol. The molecule has 4 aromatic rings. The first-order valence-corrected chi connectivity index (χ1v) is 12.6. The lowest BCUT2D eigenvalue weighted by atomic mass is 9.81. The lowest BCUT2D eigenvalue weighted by molar-refractivity contribution is -0.127. The molecule has 7 N–H and O–H groups in total. The molecule has 3 aromatic carbocycles. The molecule has 0 saturated heterocycles. The number of phenols is 1. The predicted molar refractivity (Wildman–Crippen MR) is 143 cm³/mol. The molecule has 0 aliphatic heterocycles. The summed E-state index contributed by atoms with van der Waals surface area (Å²) < 4.78 is 0. The minimum Gasteiger partial charge on any atom is -0.508 e. The normalized spacial score (nSPS) is 18.7. The maximum Gasteiger partial charge on any atom is 0.223 e. The Morgan fingerprint density at radius 1 is 1.03 bits per heavy atom. The van der Waals surface area contributed by atoms with Gasteiger partial charge in [0.15, 0.2) is 5.82 Å². The van der Waals surface area contributed by atoms with Crippen molar-refractivity contribution in [3.05, 3.63) is 77.9 Å². The third-order valence-corrected chi connectivity index (χ3v) is 7.42. The molecule has 1 amide bonds. The van der Waals surface area contributed by atoms with Crippen LogP contribution in [0.1, 0.15) is 42.9 Å². The zero-order valence-corrected chi connectivity index (χ0v) is 20.3. The van der Waals surface area contributed by atoms with Crippen molar-refractivity contribution in [3.8, 4) is 16.9 Å². The molecule has 7 heteroatoms.